The van der Waals surface area contributed by atoms with Crippen LogP contribution in [0.2, 0.25) is 5.02 Å². The van der Waals surface area contributed by atoms with Crippen LogP contribution in [0.3, 0.4) is 0 Å². The lowest BCUT2D eigenvalue weighted by Crippen LogP contribution is -2.28. The Morgan fingerprint density at radius 1 is 1.44 bits per heavy atom. The van der Waals surface area contributed by atoms with Gasteiger partial charge in [-0.2, -0.15) is 0 Å². The Morgan fingerprint density at radius 3 is 2.62 bits per heavy atom. The molecule has 0 fully saturated rings. The summed E-state index contributed by atoms with van der Waals surface area (Å²) in [5.74, 6) is -1.19. The van der Waals surface area contributed by atoms with Crippen molar-refractivity contribution in [1.29, 1.82) is 0 Å². The van der Waals surface area contributed by atoms with Crippen molar-refractivity contribution in [1.82, 2.24) is 5.32 Å². The van der Waals surface area contributed by atoms with E-state index < -0.39 is 11.9 Å². The number of aliphatic carboxylic acids is 1. The lowest BCUT2D eigenvalue weighted by Gasteiger charge is -2.17. The number of carbonyl (C=O) groups is 1. The molecular formula is C12H16ClNO2. The van der Waals surface area contributed by atoms with Crippen LogP contribution in [-0.2, 0) is 4.79 Å². The quantitative estimate of drug-likeness (QED) is 0.833. The SMILES string of the molecule is CC(CNC(C)c1ccccc1Cl)C(=O)O. The number of hydrogen-bond donors (Lipinski definition) is 2. The van der Waals surface area contributed by atoms with Crippen molar-refractivity contribution in [3.63, 3.8) is 0 Å². The average molecular weight is 242 g/mol. The molecule has 0 bridgehead atoms. The first-order valence-electron chi connectivity index (χ1n) is 5.23. The summed E-state index contributed by atoms with van der Waals surface area (Å²) in [7, 11) is 0. The van der Waals surface area contributed by atoms with Gasteiger partial charge < -0.3 is 10.4 Å². The third-order valence-corrected chi connectivity index (χ3v) is 2.87. The molecule has 0 aromatic heterocycles. The lowest BCUT2D eigenvalue weighted by molar-refractivity contribution is -0.140. The van der Waals surface area contributed by atoms with Crippen LogP contribution < -0.4 is 5.32 Å². The van der Waals surface area contributed by atoms with Crippen LogP contribution in [0.5, 0.6) is 0 Å². The van der Waals surface area contributed by atoms with Crippen LogP contribution in [0.25, 0.3) is 0 Å². The van der Waals surface area contributed by atoms with Crippen molar-refractivity contribution in [3.05, 3.63) is 34.9 Å². The molecule has 0 amide bonds. The molecule has 0 radical (unpaired) electrons. The molecule has 0 aliphatic carbocycles. The van der Waals surface area contributed by atoms with Gasteiger partial charge in [-0.1, -0.05) is 36.7 Å². The summed E-state index contributed by atoms with van der Waals surface area (Å²) in [6.45, 7) is 4.08. The molecule has 0 saturated carbocycles. The fourth-order valence-corrected chi connectivity index (χ4v) is 1.68. The smallest absolute Gasteiger partial charge is 0.307 e. The molecule has 0 heterocycles. The van der Waals surface area contributed by atoms with Gasteiger partial charge in [0.1, 0.15) is 0 Å². The van der Waals surface area contributed by atoms with Gasteiger partial charge in [-0.05, 0) is 18.6 Å². The van der Waals surface area contributed by atoms with Crippen molar-refractivity contribution in [2.45, 2.75) is 19.9 Å². The Balaban J connectivity index is 2.56. The van der Waals surface area contributed by atoms with Crippen molar-refractivity contribution >= 4 is 17.6 Å². The molecule has 0 spiro atoms. The summed E-state index contributed by atoms with van der Waals surface area (Å²) < 4.78 is 0. The van der Waals surface area contributed by atoms with E-state index in [-0.39, 0.29) is 6.04 Å². The van der Waals surface area contributed by atoms with E-state index in [2.05, 4.69) is 5.32 Å². The number of nitrogens with one attached hydrogen (secondary N) is 1. The topological polar surface area (TPSA) is 49.3 Å². The number of hydrogen-bond acceptors (Lipinski definition) is 2. The van der Waals surface area contributed by atoms with E-state index in [9.17, 15) is 4.79 Å². The highest BCUT2D eigenvalue weighted by molar-refractivity contribution is 6.31. The largest absolute Gasteiger partial charge is 0.481 e. The fourth-order valence-electron chi connectivity index (χ4n) is 1.38. The normalized spacial score (nSPS) is 14.4. The highest BCUT2D eigenvalue weighted by atomic mass is 35.5. The monoisotopic (exact) mass is 241 g/mol. The zero-order valence-electron chi connectivity index (χ0n) is 9.40. The van der Waals surface area contributed by atoms with Gasteiger partial charge in [0, 0.05) is 17.6 Å². The fraction of sp³-hybridized carbons (Fsp3) is 0.417. The molecule has 2 atom stereocenters. The zero-order valence-corrected chi connectivity index (χ0v) is 10.2. The summed E-state index contributed by atoms with van der Waals surface area (Å²) in [5, 5.41) is 12.6. The zero-order chi connectivity index (χ0) is 12.1. The molecule has 2 N–H and O–H groups in total. The van der Waals surface area contributed by atoms with Gasteiger partial charge in [0.05, 0.1) is 5.92 Å². The second-order valence-corrected chi connectivity index (χ2v) is 4.30. The molecule has 0 aliphatic heterocycles. The third-order valence-electron chi connectivity index (χ3n) is 2.52. The van der Waals surface area contributed by atoms with Gasteiger partial charge in [0.15, 0.2) is 0 Å². The average Bonchev–Trinajstić information content (AvgIpc) is 2.25. The molecule has 1 aromatic rings. The molecule has 0 saturated heterocycles. The van der Waals surface area contributed by atoms with Crippen LogP contribution in [0.15, 0.2) is 24.3 Å². The molecule has 16 heavy (non-hydrogen) atoms. The molecule has 2 unspecified atom stereocenters. The predicted molar refractivity (Wildman–Crippen MR) is 64.7 cm³/mol. The van der Waals surface area contributed by atoms with Gasteiger partial charge >= 0.3 is 5.97 Å². The number of carboxylic acids is 1. The minimum atomic E-state index is -0.793. The van der Waals surface area contributed by atoms with Gasteiger partial charge in [-0.25, -0.2) is 0 Å². The Morgan fingerprint density at radius 2 is 2.06 bits per heavy atom. The summed E-state index contributed by atoms with van der Waals surface area (Å²) >= 11 is 6.04. The van der Waals surface area contributed by atoms with Gasteiger partial charge in [0.2, 0.25) is 0 Å². The van der Waals surface area contributed by atoms with Crippen molar-refractivity contribution in [2.75, 3.05) is 6.54 Å². The first kappa shape index (κ1) is 13.0. The summed E-state index contributed by atoms with van der Waals surface area (Å²) in [4.78, 5) is 10.6. The number of halogens is 1. The van der Waals surface area contributed by atoms with E-state index in [0.29, 0.717) is 11.6 Å². The summed E-state index contributed by atoms with van der Waals surface area (Å²) in [6.07, 6.45) is 0. The maximum Gasteiger partial charge on any atom is 0.307 e. The van der Waals surface area contributed by atoms with Gasteiger partial charge in [-0.15, -0.1) is 0 Å². The van der Waals surface area contributed by atoms with Crippen LogP contribution in [0, 0.1) is 5.92 Å². The molecule has 1 rings (SSSR count). The van der Waals surface area contributed by atoms with E-state index in [1.54, 1.807) is 6.92 Å². The standard InChI is InChI=1S/C12H16ClNO2/c1-8(12(15)16)7-14-9(2)10-5-3-4-6-11(10)13/h3-6,8-9,14H,7H2,1-2H3,(H,15,16). The van der Waals surface area contributed by atoms with Gasteiger partial charge in [-0.3, -0.25) is 4.79 Å². The van der Waals surface area contributed by atoms with Crippen molar-refractivity contribution < 1.29 is 9.90 Å². The number of carboxylic acid groups (broad SMARTS) is 1. The second-order valence-electron chi connectivity index (χ2n) is 3.89. The molecule has 3 nitrogen and oxygen atoms in total. The van der Waals surface area contributed by atoms with Crippen LogP contribution >= 0.6 is 11.6 Å². The van der Waals surface area contributed by atoms with Crippen molar-refractivity contribution in [2.24, 2.45) is 5.92 Å². The van der Waals surface area contributed by atoms with E-state index in [1.165, 1.54) is 0 Å². The molecular weight excluding hydrogens is 226 g/mol. The minimum Gasteiger partial charge on any atom is -0.481 e. The van der Waals surface area contributed by atoms with Crippen LogP contribution in [0.1, 0.15) is 25.5 Å². The maximum absolute atomic E-state index is 10.6. The molecule has 4 heteroatoms. The first-order chi connectivity index (χ1) is 7.52. The van der Waals surface area contributed by atoms with E-state index >= 15 is 0 Å². The highest BCUT2D eigenvalue weighted by Crippen LogP contribution is 2.22. The van der Waals surface area contributed by atoms with E-state index in [1.807, 2.05) is 31.2 Å². The van der Waals surface area contributed by atoms with E-state index in [0.717, 1.165) is 5.56 Å². The highest BCUT2D eigenvalue weighted by Gasteiger charge is 2.13. The predicted octanol–water partition coefficient (Wildman–Crippen LogP) is 2.71. The van der Waals surface area contributed by atoms with E-state index in [4.69, 9.17) is 16.7 Å². The number of rotatable bonds is 5. The summed E-state index contributed by atoms with van der Waals surface area (Å²) in [6, 6.07) is 7.61. The Kier molecular flexibility index (Phi) is 4.77. The second kappa shape index (κ2) is 5.87. The first-order valence-corrected chi connectivity index (χ1v) is 5.60. The molecule has 88 valence electrons. The van der Waals surface area contributed by atoms with Crippen LogP contribution in [0.4, 0.5) is 0 Å². The molecule has 1 aromatic carbocycles. The third kappa shape index (κ3) is 3.51. The number of benzene rings is 1. The molecule has 0 aliphatic rings. The minimum absolute atomic E-state index is 0.0514. The Labute approximate surface area is 100 Å². The van der Waals surface area contributed by atoms with Gasteiger partial charge in [0.25, 0.3) is 0 Å². The Bertz CT molecular complexity index is 368. The maximum atomic E-state index is 10.6. The Hall–Kier alpha value is -1.06. The van der Waals surface area contributed by atoms with Crippen LogP contribution in [-0.4, -0.2) is 17.6 Å². The lowest BCUT2D eigenvalue weighted by atomic mass is 10.1. The van der Waals surface area contributed by atoms with Crippen molar-refractivity contribution in [3.8, 4) is 0 Å². The summed E-state index contributed by atoms with van der Waals surface area (Å²) in [5.41, 5.74) is 0.988.